The standard InChI is InChI=1S/C23H20ClN3O4S/c24-15-4-1-13(2-5-15)9-10-25-22(29)16-6-8-19-20(16)26-23(32-19)27-21(28)14-3-7-17-18(11-14)31-12-30-17/h1-5,7,11,16H,6,8-10,12H2,(H,25,29)(H,26,27,28). The van der Waals surface area contributed by atoms with Gasteiger partial charge in [-0.25, -0.2) is 4.98 Å². The van der Waals surface area contributed by atoms with Crippen molar-refractivity contribution in [1.82, 2.24) is 10.3 Å². The Morgan fingerprint density at radius 1 is 1.12 bits per heavy atom. The molecule has 2 aliphatic rings. The molecule has 2 N–H and O–H groups in total. The van der Waals surface area contributed by atoms with Crippen LogP contribution < -0.4 is 20.1 Å². The molecule has 32 heavy (non-hydrogen) atoms. The molecule has 1 atom stereocenters. The van der Waals surface area contributed by atoms with Crippen molar-refractivity contribution < 1.29 is 19.1 Å². The van der Waals surface area contributed by atoms with Crippen LogP contribution >= 0.6 is 22.9 Å². The normalized spacial score (nSPS) is 16.0. The van der Waals surface area contributed by atoms with Crippen molar-refractivity contribution in [3.05, 3.63) is 69.2 Å². The van der Waals surface area contributed by atoms with Crippen LogP contribution in [0.5, 0.6) is 11.5 Å². The number of halogens is 1. The van der Waals surface area contributed by atoms with Gasteiger partial charge in [-0.3, -0.25) is 14.9 Å². The highest BCUT2D eigenvalue weighted by molar-refractivity contribution is 7.16. The summed E-state index contributed by atoms with van der Waals surface area (Å²) in [4.78, 5) is 31.0. The lowest BCUT2D eigenvalue weighted by Crippen LogP contribution is -2.30. The molecular formula is C23H20ClN3O4S. The van der Waals surface area contributed by atoms with E-state index in [0.29, 0.717) is 33.8 Å². The van der Waals surface area contributed by atoms with Crippen LogP contribution in [0.1, 0.15) is 38.8 Å². The molecule has 0 fully saturated rings. The molecular weight excluding hydrogens is 450 g/mol. The van der Waals surface area contributed by atoms with Gasteiger partial charge in [0.2, 0.25) is 12.7 Å². The number of thiazole rings is 1. The SMILES string of the molecule is O=C(Nc1nc2c(s1)CCC2C(=O)NCCc1ccc(Cl)cc1)c1ccc2c(c1)OCO2. The number of nitrogens with one attached hydrogen (secondary N) is 2. The van der Waals surface area contributed by atoms with Crippen molar-refractivity contribution in [1.29, 1.82) is 0 Å². The van der Waals surface area contributed by atoms with Gasteiger partial charge in [0.1, 0.15) is 0 Å². The topological polar surface area (TPSA) is 89.6 Å². The molecule has 2 heterocycles. The minimum atomic E-state index is -0.289. The van der Waals surface area contributed by atoms with Gasteiger partial charge in [0.25, 0.3) is 5.91 Å². The van der Waals surface area contributed by atoms with Gasteiger partial charge in [-0.1, -0.05) is 23.7 Å². The molecule has 9 heteroatoms. The lowest BCUT2D eigenvalue weighted by Gasteiger charge is -2.11. The first-order chi connectivity index (χ1) is 15.6. The molecule has 0 saturated carbocycles. The van der Waals surface area contributed by atoms with E-state index in [1.165, 1.54) is 11.3 Å². The molecule has 1 aliphatic carbocycles. The van der Waals surface area contributed by atoms with Crippen molar-refractivity contribution in [2.45, 2.75) is 25.2 Å². The van der Waals surface area contributed by atoms with E-state index >= 15 is 0 Å². The van der Waals surface area contributed by atoms with E-state index in [-0.39, 0.29) is 24.5 Å². The number of nitrogens with zero attached hydrogens (tertiary/aromatic N) is 1. The van der Waals surface area contributed by atoms with Gasteiger partial charge >= 0.3 is 0 Å². The number of anilines is 1. The fourth-order valence-corrected chi connectivity index (χ4v) is 5.01. The summed E-state index contributed by atoms with van der Waals surface area (Å²) in [7, 11) is 0. The van der Waals surface area contributed by atoms with Gasteiger partial charge in [-0.2, -0.15) is 0 Å². The van der Waals surface area contributed by atoms with Gasteiger partial charge in [-0.05, 0) is 55.2 Å². The van der Waals surface area contributed by atoms with Crippen LogP contribution in [0.15, 0.2) is 42.5 Å². The zero-order chi connectivity index (χ0) is 22.1. The third kappa shape index (κ3) is 4.28. The second-order valence-corrected chi connectivity index (χ2v) is 9.13. The Bertz CT molecular complexity index is 1180. The summed E-state index contributed by atoms with van der Waals surface area (Å²) >= 11 is 7.33. The number of aryl methyl sites for hydroxylation is 1. The molecule has 1 unspecified atom stereocenters. The predicted molar refractivity (Wildman–Crippen MR) is 122 cm³/mol. The summed E-state index contributed by atoms with van der Waals surface area (Å²) in [6.45, 7) is 0.701. The van der Waals surface area contributed by atoms with E-state index < -0.39 is 0 Å². The highest BCUT2D eigenvalue weighted by Crippen LogP contribution is 2.39. The van der Waals surface area contributed by atoms with Gasteiger partial charge < -0.3 is 14.8 Å². The Labute approximate surface area is 193 Å². The molecule has 164 valence electrons. The summed E-state index contributed by atoms with van der Waals surface area (Å²) < 4.78 is 10.6. The molecule has 0 radical (unpaired) electrons. The Morgan fingerprint density at radius 2 is 1.94 bits per heavy atom. The molecule has 1 aliphatic heterocycles. The van der Waals surface area contributed by atoms with Gasteiger partial charge in [0.05, 0.1) is 11.6 Å². The monoisotopic (exact) mass is 469 g/mol. The fourth-order valence-electron chi connectivity index (χ4n) is 3.85. The maximum atomic E-state index is 12.7. The first kappa shape index (κ1) is 20.8. The maximum Gasteiger partial charge on any atom is 0.257 e. The molecule has 5 rings (SSSR count). The van der Waals surface area contributed by atoms with Crippen LogP contribution in [-0.2, 0) is 17.6 Å². The molecule has 0 bridgehead atoms. The van der Waals surface area contributed by atoms with Gasteiger partial charge in [0.15, 0.2) is 16.6 Å². The van der Waals surface area contributed by atoms with Crippen LogP contribution in [0.25, 0.3) is 0 Å². The minimum Gasteiger partial charge on any atom is -0.454 e. The molecule has 1 aromatic heterocycles. The third-order valence-electron chi connectivity index (χ3n) is 5.52. The molecule has 2 aromatic carbocycles. The summed E-state index contributed by atoms with van der Waals surface area (Å²) in [6.07, 6.45) is 2.25. The quantitative estimate of drug-likeness (QED) is 0.565. The largest absolute Gasteiger partial charge is 0.454 e. The summed E-state index contributed by atoms with van der Waals surface area (Å²) in [5.74, 6) is 0.577. The van der Waals surface area contributed by atoms with Crippen molar-refractivity contribution in [3.8, 4) is 11.5 Å². The highest BCUT2D eigenvalue weighted by Gasteiger charge is 2.32. The first-order valence-corrected chi connectivity index (χ1v) is 11.5. The minimum absolute atomic E-state index is 0.0309. The summed E-state index contributed by atoms with van der Waals surface area (Å²) in [5, 5.41) is 7.04. The van der Waals surface area contributed by atoms with Crippen LogP contribution in [0.2, 0.25) is 5.02 Å². The second kappa shape index (κ2) is 8.80. The van der Waals surface area contributed by atoms with E-state index in [0.717, 1.165) is 35.4 Å². The molecule has 0 spiro atoms. The number of hydrogen-bond acceptors (Lipinski definition) is 6. The average Bonchev–Trinajstić information content (AvgIpc) is 3.50. The van der Waals surface area contributed by atoms with Crippen LogP contribution in [0, 0.1) is 0 Å². The highest BCUT2D eigenvalue weighted by atomic mass is 35.5. The Kier molecular flexibility index (Phi) is 5.71. The molecule has 2 amide bonds. The van der Waals surface area contributed by atoms with E-state index in [9.17, 15) is 9.59 Å². The Morgan fingerprint density at radius 3 is 2.78 bits per heavy atom. The maximum absolute atomic E-state index is 12.7. The van der Waals surface area contributed by atoms with Crippen molar-refractivity contribution in [2.75, 3.05) is 18.7 Å². The summed E-state index contributed by atoms with van der Waals surface area (Å²) in [5.41, 5.74) is 2.34. The van der Waals surface area contributed by atoms with Crippen molar-refractivity contribution in [2.24, 2.45) is 0 Å². The molecule has 7 nitrogen and oxygen atoms in total. The van der Waals surface area contributed by atoms with Crippen molar-refractivity contribution in [3.63, 3.8) is 0 Å². The van der Waals surface area contributed by atoms with Gasteiger partial charge in [0, 0.05) is 22.0 Å². The molecule has 3 aromatic rings. The number of amides is 2. The number of aromatic nitrogens is 1. The second-order valence-electron chi connectivity index (χ2n) is 7.61. The smallest absolute Gasteiger partial charge is 0.257 e. The number of carbonyl (C=O) groups excluding carboxylic acids is 2. The van der Waals surface area contributed by atoms with Crippen LogP contribution in [0.4, 0.5) is 5.13 Å². The number of benzene rings is 2. The summed E-state index contributed by atoms with van der Waals surface area (Å²) in [6, 6.07) is 12.6. The number of carbonyl (C=O) groups is 2. The number of fused-ring (bicyclic) bond motifs is 2. The Balaban J connectivity index is 1.19. The van der Waals surface area contributed by atoms with Crippen LogP contribution in [-0.4, -0.2) is 30.1 Å². The Hall–Kier alpha value is -3.10. The number of ether oxygens (including phenoxy) is 2. The average molecular weight is 470 g/mol. The van der Waals surface area contributed by atoms with Crippen LogP contribution in [0.3, 0.4) is 0 Å². The lowest BCUT2D eigenvalue weighted by atomic mass is 10.1. The zero-order valence-electron chi connectivity index (χ0n) is 17.0. The first-order valence-electron chi connectivity index (χ1n) is 10.3. The van der Waals surface area contributed by atoms with E-state index in [2.05, 4.69) is 15.6 Å². The van der Waals surface area contributed by atoms with Crippen molar-refractivity contribution >= 4 is 39.9 Å². The third-order valence-corrected chi connectivity index (χ3v) is 6.81. The number of rotatable bonds is 6. The zero-order valence-corrected chi connectivity index (χ0v) is 18.6. The number of hydrogen-bond donors (Lipinski definition) is 2. The van der Waals surface area contributed by atoms with E-state index in [1.807, 2.05) is 24.3 Å². The fraction of sp³-hybridized carbons (Fsp3) is 0.261. The van der Waals surface area contributed by atoms with Gasteiger partial charge in [-0.15, -0.1) is 11.3 Å². The molecule has 0 saturated heterocycles. The predicted octanol–water partition coefficient (Wildman–Crippen LogP) is 4.17. The van der Waals surface area contributed by atoms with E-state index in [4.69, 9.17) is 21.1 Å². The van der Waals surface area contributed by atoms with E-state index in [1.54, 1.807) is 18.2 Å². The lowest BCUT2D eigenvalue weighted by molar-refractivity contribution is -0.122.